The number of carbonyl (C=O) groups is 2. The van der Waals surface area contributed by atoms with Gasteiger partial charge in [0.15, 0.2) is 0 Å². The zero-order chi connectivity index (χ0) is 24.9. The van der Waals surface area contributed by atoms with Crippen LogP contribution in [0.25, 0.3) is 11.4 Å². The molecule has 1 saturated carbocycles. The molecule has 1 aliphatic rings. The Morgan fingerprint density at radius 1 is 1.03 bits per heavy atom. The number of nitrogens with two attached hydrogens (primary N) is 1. The Morgan fingerprint density at radius 3 is 2.56 bits per heavy atom. The number of hydrogen-bond donors (Lipinski definition) is 4. The average molecular weight is 486 g/mol. The third-order valence-electron chi connectivity index (χ3n) is 6.43. The summed E-state index contributed by atoms with van der Waals surface area (Å²) in [6.45, 7) is 0. The van der Waals surface area contributed by atoms with E-state index in [1.807, 2.05) is 53.3 Å². The van der Waals surface area contributed by atoms with Gasteiger partial charge in [-0.2, -0.15) is 5.10 Å². The van der Waals surface area contributed by atoms with Crippen LogP contribution < -0.4 is 16.4 Å². The van der Waals surface area contributed by atoms with Gasteiger partial charge in [0, 0.05) is 12.1 Å². The molecule has 5 N–H and O–H groups in total. The molecule has 1 fully saturated rings. The van der Waals surface area contributed by atoms with E-state index in [2.05, 4.69) is 36.1 Å². The Morgan fingerprint density at radius 2 is 1.83 bits per heavy atom. The van der Waals surface area contributed by atoms with E-state index < -0.39 is 6.04 Å². The number of aromatic amines is 1. The van der Waals surface area contributed by atoms with E-state index >= 15 is 0 Å². The van der Waals surface area contributed by atoms with Crippen molar-refractivity contribution in [3.8, 4) is 11.4 Å². The van der Waals surface area contributed by atoms with Crippen LogP contribution in [0.1, 0.15) is 43.3 Å². The summed E-state index contributed by atoms with van der Waals surface area (Å²) in [5.41, 5.74) is 8.37. The summed E-state index contributed by atoms with van der Waals surface area (Å²) in [5.74, 6) is -0.212. The van der Waals surface area contributed by atoms with Gasteiger partial charge in [0.1, 0.15) is 17.6 Å². The lowest BCUT2D eigenvalue weighted by Gasteiger charge is -2.29. The molecule has 5 rings (SSSR count). The topological polar surface area (TPSA) is 156 Å². The van der Waals surface area contributed by atoms with Crippen LogP contribution in [0.4, 0.5) is 11.5 Å². The second-order valence-electron chi connectivity index (χ2n) is 8.87. The lowest BCUT2D eigenvalue weighted by molar-refractivity contribution is -0.130. The lowest BCUT2D eigenvalue weighted by Crippen LogP contribution is -2.41. The van der Waals surface area contributed by atoms with Gasteiger partial charge < -0.3 is 16.4 Å². The van der Waals surface area contributed by atoms with Crippen LogP contribution in [0, 0.1) is 5.92 Å². The number of anilines is 2. The van der Waals surface area contributed by atoms with Gasteiger partial charge in [-0.1, -0.05) is 41.6 Å². The maximum absolute atomic E-state index is 13.2. The van der Waals surface area contributed by atoms with Crippen molar-refractivity contribution < 1.29 is 9.59 Å². The first-order valence-electron chi connectivity index (χ1n) is 11.9. The van der Waals surface area contributed by atoms with Crippen LogP contribution in [-0.2, 0) is 9.59 Å². The second-order valence-corrected chi connectivity index (χ2v) is 8.87. The third kappa shape index (κ3) is 5.24. The molecule has 11 heteroatoms. The van der Waals surface area contributed by atoms with Crippen LogP contribution in [0.3, 0.4) is 0 Å². The molecule has 3 heterocycles. The van der Waals surface area contributed by atoms with Gasteiger partial charge in [-0.25, -0.2) is 9.67 Å². The van der Waals surface area contributed by atoms with Crippen molar-refractivity contribution in [1.29, 1.82) is 0 Å². The van der Waals surface area contributed by atoms with E-state index in [-0.39, 0.29) is 23.8 Å². The van der Waals surface area contributed by atoms with Crippen LogP contribution in [0.15, 0.2) is 67.1 Å². The van der Waals surface area contributed by atoms with Crippen LogP contribution in [-0.4, -0.2) is 42.0 Å². The minimum atomic E-state index is -0.810. The molecule has 1 aliphatic carbocycles. The molecule has 1 aromatic carbocycles. The molecule has 0 bridgehead atoms. The normalized spacial score (nSPS) is 18.3. The first kappa shape index (κ1) is 23.2. The molecule has 4 aromatic rings. The van der Waals surface area contributed by atoms with Gasteiger partial charge in [0.05, 0.1) is 29.8 Å². The van der Waals surface area contributed by atoms with Crippen molar-refractivity contribution in [1.82, 2.24) is 35.5 Å². The molecule has 0 spiro atoms. The molecule has 3 aromatic heterocycles. The standard InChI is InChI=1S/C25H27N9O2/c26-22-8-4-7-20(30-22)21-15-34(33-32-21)19-11-9-17(10-12-19)24(35)31-23(16-5-2-1-3-6-16)25(36)29-18-13-27-28-14-18/h1-8,13-15,17,19,23H,9-12H2,(H2,26,30)(H,27,28)(H,29,36)(H,31,35). The Hall–Kier alpha value is -4.54. The summed E-state index contributed by atoms with van der Waals surface area (Å²) in [6, 6.07) is 14.0. The van der Waals surface area contributed by atoms with Crippen molar-refractivity contribution in [2.24, 2.45) is 5.92 Å². The Kier molecular flexibility index (Phi) is 6.69. The highest BCUT2D eigenvalue weighted by Gasteiger charge is 2.31. The van der Waals surface area contributed by atoms with Crippen molar-refractivity contribution in [3.63, 3.8) is 0 Å². The first-order valence-corrected chi connectivity index (χ1v) is 11.9. The van der Waals surface area contributed by atoms with Crippen LogP contribution >= 0.6 is 0 Å². The average Bonchev–Trinajstić information content (AvgIpc) is 3.60. The van der Waals surface area contributed by atoms with E-state index in [0.29, 0.717) is 41.3 Å². The Balaban J connectivity index is 1.22. The Bertz CT molecular complexity index is 1310. The number of H-pyrrole nitrogens is 1. The molecule has 184 valence electrons. The van der Waals surface area contributed by atoms with Crippen LogP contribution in [0.2, 0.25) is 0 Å². The van der Waals surface area contributed by atoms with Gasteiger partial charge in [0.2, 0.25) is 5.91 Å². The van der Waals surface area contributed by atoms with Gasteiger partial charge in [-0.3, -0.25) is 14.7 Å². The fourth-order valence-electron chi connectivity index (χ4n) is 4.51. The first-order chi connectivity index (χ1) is 17.6. The molecular formula is C25H27N9O2. The monoisotopic (exact) mass is 485 g/mol. The molecular weight excluding hydrogens is 458 g/mol. The van der Waals surface area contributed by atoms with Crippen molar-refractivity contribution in [2.75, 3.05) is 11.1 Å². The predicted octanol–water partition coefficient (Wildman–Crippen LogP) is 2.87. The van der Waals surface area contributed by atoms with Crippen LogP contribution in [0.5, 0.6) is 0 Å². The number of hydrogen-bond acceptors (Lipinski definition) is 7. The summed E-state index contributed by atoms with van der Waals surface area (Å²) < 4.78 is 1.85. The number of amides is 2. The van der Waals surface area contributed by atoms with Crippen molar-refractivity contribution in [2.45, 2.75) is 37.8 Å². The highest BCUT2D eigenvalue weighted by Crippen LogP contribution is 2.33. The summed E-state index contributed by atoms with van der Waals surface area (Å²) in [6.07, 6.45) is 7.91. The molecule has 11 nitrogen and oxygen atoms in total. The molecule has 36 heavy (non-hydrogen) atoms. The van der Waals surface area contributed by atoms with E-state index in [0.717, 1.165) is 12.8 Å². The van der Waals surface area contributed by atoms with Gasteiger partial charge in [0.25, 0.3) is 5.91 Å². The minimum Gasteiger partial charge on any atom is -0.384 e. The fraction of sp³-hybridized carbons (Fsp3) is 0.280. The quantitative estimate of drug-likeness (QED) is 0.313. The molecule has 0 radical (unpaired) electrons. The highest BCUT2D eigenvalue weighted by atomic mass is 16.2. The maximum Gasteiger partial charge on any atom is 0.251 e. The highest BCUT2D eigenvalue weighted by molar-refractivity contribution is 5.98. The number of nitrogens with one attached hydrogen (secondary N) is 3. The zero-order valence-corrected chi connectivity index (χ0v) is 19.5. The van der Waals surface area contributed by atoms with Crippen molar-refractivity contribution >= 4 is 23.3 Å². The largest absolute Gasteiger partial charge is 0.384 e. The number of benzene rings is 1. The molecule has 1 atom stereocenters. The van der Waals surface area contributed by atoms with Gasteiger partial charge >= 0.3 is 0 Å². The summed E-state index contributed by atoms with van der Waals surface area (Å²) in [4.78, 5) is 30.5. The van der Waals surface area contributed by atoms with Crippen molar-refractivity contribution in [3.05, 3.63) is 72.7 Å². The van der Waals surface area contributed by atoms with Gasteiger partial charge in [-0.05, 0) is 43.4 Å². The van der Waals surface area contributed by atoms with Gasteiger partial charge in [-0.15, -0.1) is 5.10 Å². The second kappa shape index (κ2) is 10.4. The number of rotatable bonds is 7. The Labute approximate surface area is 207 Å². The fourth-order valence-corrected chi connectivity index (χ4v) is 4.51. The lowest BCUT2D eigenvalue weighted by atomic mass is 9.85. The third-order valence-corrected chi connectivity index (χ3v) is 6.43. The number of pyridine rings is 1. The van der Waals surface area contributed by atoms with E-state index in [4.69, 9.17) is 5.73 Å². The summed E-state index contributed by atoms with van der Waals surface area (Å²) in [7, 11) is 0. The maximum atomic E-state index is 13.2. The van der Waals surface area contributed by atoms with E-state index in [1.165, 1.54) is 6.20 Å². The van der Waals surface area contributed by atoms with E-state index in [9.17, 15) is 9.59 Å². The molecule has 2 amide bonds. The molecule has 0 aliphatic heterocycles. The summed E-state index contributed by atoms with van der Waals surface area (Å²) >= 11 is 0. The minimum absolute atomic E-state index is 0.132. The SMILES string of the molecule is Nc1cccc(-c2cn(C3CCC(C(=O)NC(C(=O)Nc4cn[nH]c4)c4ccccc4)CC3)nn2)n1. The molecule has 1 unspecified atom stereocenters. The predicted molar refractivity (Wildman–Crippen MR) is 133 cm³/mol. The smallest absolute Gasteiger partial charge is 0.251 e. The molecule has 0 saturated heterocycles. The summed E-state index contributed by atoms with van der Waals surface area (Å²) in [5, 5.41) is 20.8. The number of carbonyl (C=O) groups excluding carboxylic acids is 2. The number of aromatic nitrogens is 6. The zero-order valence-electron chi connectivity index (χ0n) is 19.5. The van der Waals surface area contributed by atoms with E-state index in [1.54, 1.807) is 12.3 Å². The number of nitrogens with zero attached hydrogens (tertiary/aromatic N) is 5. The number of nitrogen functional groups attached to an aromatic ring is 1.